The summed E-state index contributed by atoms with van der Waals surface area (Å²) in [4.78, 5) is 10.6. The number of benzene rings is 1. The quantitative estimate of drug-likeness (QED) is 0.550. The first-order valence-electron chi connectivity index (χ1n) is 4.75. The zero-order valence-corrected chi connectivity index (χ0v) is 8.40. The molecule has 78 valence electrons. The van der Waals surface area contributed by atoms with Gasteiger partial charge in [0, 0.05) is 5.56 Å². The van der Waals surface area contributed by atoms with Crippen molar-refractivity contribution in [1.29, 1.82) is 0 Å². The third kappa shape index (κ3) is 1.58. The van der Waals surface area contributed by atoms with E-state index in [9.17, 15) is 10.1 Å². The predicted molar refractivity (Wildman–Crippen MR) is 57.0 cm³/mol. The Labute approximate surface area is 87.3 Å². The third-order valence-electron chi connectivity index (χ3n) is 2.54. The number of nitro benzene ring substituents is 1. The number of ether oxygens (including phenoxy) is 1. The van der Waals surface area contributed by atoms with Gasteiger partial charge in [-0.25, -0.2) is 0 Å². The lowest BCUT2D eigenvalue weighted by Gasteiger charge is -2.12. The minimum atomic E-state index is -0.364. The van der Waals surface area contributed by atoms with Crippen LogP contribution in [0.15, 0.2) is 18.2 Å². The number of rotatable bonds is 2. The highest BCUT2D eigenvalue weighted by Gasteiger charge is 2.23. The Hall–Kier alpha value is -1.84. The van der Waals surface area contributed by atoms with Crippen molar-refractivity contribution in [2.24, 2.45) is 0 Å². The van der Waals surface area contributed by atoms with Crippen LogP contribution >= 0.6 is 0 Å². The van der Waals surface area contributed by atoms with Crippen LogP contribution in [0.5, 0.6) is 5.75 Å². The van der Waals surface area contributed by atoms with E-state index in [0.717, 1.165) is 17.5 Å². The maximum atomic E-state index is 11.0. The molecule has 0 heterocycles. The summed E-state index contributed by atoms with van der Waals surface area (Å²) in [5, 5.41) is 11.0. The van der Waals surface area contributed by atoms with Gasteiger partial charge in [-0.2, -0.15) is 0 Å². The first-order chi connectivity index (χ1) is 7.24. The van der Waals surface area contributed by atoms with Gasteiger partial charge in [0.25, 0.3) is 0 Å². The molecule has 0 N–H and O–H groups in total. The molecule has 2 rings (SSSR count). The van der Waals surface area contributed by atoms with E-state index in [-0.39, 0.29) is 10.6 Å². The Morgan fingerprint density at radius 3 is 2.93 bits per heavy atom. The summed E-state index contributed by atoms with van der Waals surface area (Å²) in [7, 11) is 1.45. The first kappa shape index (κ1) is 9.71. The maximum Gasteiger partial charge on any atom is 0.314 e. The van der Waals surface area contributed by atoms with Crippen LogP contribution in [0.1, 0.15) is 17.5 Å². The van der Waals surface area contributed by atoms with E-state index in [4.69, 9.17) is 4.74 Å². The monoisotopic (exact) mass is 205 g/mol. The van der Waals surface area contributed by atoms with Gasteiger partial charge < -0.3 is 4.74 Å². The zero-order chi connectivity index (χ0) is 10.8. The molecular formula is C11H11NO3. The van der Waals surface area contributed by atoms with Crippen molar-refractivity contribution >= 4 is 11.8 Å². The Kier molecular flexibility index (Phi) is 2.41. The smallest absolute Gasteiger partial charge is 0.314 e. The summed E-state index contributed by atoms with van der Waals surface area (Å²) in [6.45, 7) is 0. The van der Waals surface area contributed by atoms with Crippen LogP contribution in [-0.4, -0.2) is 12.0 Å². The van der Waals surface area contributed by atoms with Crippen molar-refractivity contribution in [3.63, 3.8) is 0 Å². The highest BCUT2D eigenvalue weighted by atomic mass is 16.6. The fourth-order valence-corrected chi connectivity index (χ4v) is 1.85. The molecule has 0 spiro atoms. The Morgan fingerprint density at radius 1 is 1.47 bits per heavy atom. The second-order valence-corrected chi connectivity index (χ2v) is 3.38. The van der Waals surface area contributed by atoms with Crippen molar-refractivity contribution in [2.75, 3.05) is 7.11 Å². The minimum Gasteiger partial charge on any atom is -0.490 e. The number of methoxy groups -OCH3 is 1. The fraction of sp³-hybridized carbons (Fsp3) is 0.273. The molecule has 0 radical (unpaired) electrons. The molecular weight excluding hydrogens is 194 g/mol. The lowest BCUT2D eigenvalue weighted by Crippen LogP contribution is -2.03. The zero-order valence-electron chi connectivity index (χ0n) is 8.40. The van der Waals surface area contributed by atoms with E-state index < -0.39 is 0 Å². The summed E-state index contributed by atoms with van der Waals surface area (Å²) in [6, 6.07) is 3.50. The van der Waals surface area contributed by atoms with Crippen molar-refractivity contribution in [2.45, 2.75) is 12.8 Å². The van der Waals surface area contributed by atoms with Crippen LogP contribution in [0, 0.1) is 10.1 Å². The number of nitrogens with zero attached hydrogens (tertiary/aromatic N) is 1. The Morgan fingerprint density at radius 2 is 2.27 bits per heavy atom. The fourth-order valence-electron chi connectivity index (χ4n) is 1.85. The summed E-state index contributed by atoms with van der Waals surface area (Å²) in [6.07, 6.45) is 5.50. The molecule has 15 heavy (non-hydrogen) atoms. The predicted octanol–water partition coefficient (Wildman–Crippen LogP) is 2.56. The molecule has 0 amide bonds. The van der Waals surface area contributed by atoms with E-state index in [1.165, 1.54) is 7.11 Å². The minimum absolute atomic E-state index is 0.111. The largest absolute Gasteiger partial charge is 0.490 e. The molecule has 0 bridgehead atoms. The van der Waals surface area contributed by atoms with Crippen LogP contribution < -0.4 is 4.74 Å². The van der Waals surface area contributed by atoms with E-state index in [1.807, 2.05) is 18.2 Å². The van der Waals surface area contributed by atoms with Gasteiger partial charge in [-0.1, -0.05) is 18.2 Å². The van der Waals surface area contributed by atoms with Crippen LogP contribution in [0.3, 0.4) is 0 Å². The summed E-state index contributed by atoms with van der Waals surface area (Å²) in [5.74, 6) is 0.342. The molecule has 4 heteroatoms. The number of hydrogen-bond acceptors (Lipinski definition) is 3. The Bertz CT molecular complexity index is 438. The summed E-state index contributed by atoms with van der Waals surface area (Å²) >= 11 is 0. The third-order valence-corrected chi connectivity index (χ3v) is 2.54. The van der Waals surface area contributed by atoms with Gasteiger partial charge in [-0.15, -0.1) is 0 Å². The normalized spacial score (nSPS) is 13.4. The summed E-state index contributed by atoms with van der Waals surface area (Å²) in [5.41, 5.74) is 1.81. The molecule has 1 aliphatic carbocycles. The number of allylic oxidation sites excluding steroid dienone is 1. The topological polar surface area (TPSA) is 52.4 Å². The number of hydrogen-bond donors (Lipinski definition) is 0. The molecule has 0 fully saturated rings. The van der Waals surface area contributed by atoms with E-state index in [0.29, 0.717) is 12.2 Å². The number of nitro groups is 1. The van der Waals surface area contributed by atoms with Crippen molar-refractivity contribution < 1.29 is 9.66 Å². The molecule has 0 atom stereocenters. The number of fused-ring (bicyclic) bond motifs is 1. The van der Waals surface area contributed by atoms with E-state index in [1.54, 1.807) is 6.07 Å². The van der Waals surface area contributed by atoms with Gasteiger partial charge >= 0.3 is 5.69 Å². The molecule has 4 nitrogen and oxygen atoms in total. The van der Waals surface area contributed by atoms with Gasteiger partial charge in [-0.05, 0) is 24.5 Å². The van der Waals surface area contributed by atoms with Crippen LogP contribution in [0.25, 0.3) is 6.08 Å². The SMILES string of the molecule is COc1ccc2c(c1[N+](=O)[O-])CCC=C2. The molecule has 0 saturated heterocycles. The van der Waals surface area contributed by atoms with Gasteiger partial charge in [0.2, 0.25) is 0 Å². The molecule has 1 aromatic carbocycles. The lowest BCUT2D eigenvalue weighted by atomic mass is 9.95. The van der Waals surface area contributed by atoms with Gasteiger partial charge in [0.15, 0.2) is 5.75 Å². The summed E-state index contributed by atoms with van der Waals surface area (Å²) < 4.78 is 5.01. The highest BCUT2D eigenvalue weighted by molar-refractivity contribution is 5.67. The van der Waals surface area contributed by atoms with Crippen LogP contribution in [0.4, 0.5) is 5.69 Å². The average Bonchev–Trinajstić information content (AvgIpc) is 2.27. The van der Waals surface area contributed by atoms with Crippen LogP contribution in [0.2, 0.25) is 0 Å². The van der Waals surface area contributed by atoms with Crippen molar-refractivity contribution in [3.8, 4) is 5.75 Å². The Balaban J connectivity index is 2.65. The molecule has 0 saturated carbocycles. The van der Waals surface area contributed by atoms with E-state index >= 15 is 0 Å². The highest BCUT2D eigenvalue weighted by Crippen LogP contribution is 2.36. The first-order valence-corrected chi connectivity index (χ1v) is 4.75. The van der Waals surface area contributed by atoms with Gasteiger partial charge in [0.1, 0.15) is 0 Å². The molecule has 1 aliphatic rings. The molecule has 0 aliphatic heterocycles. The average molecular weight is 205 g/mol. The second-order valence-electron chi connectivity index (χ2n) is 3.38. The van der Waals surface area contributed by atoms with Gasteiger partial charge in [-0.3, -0.25) is 10.1 Å². The van der Waals surface area contributed by atoms with Crippen LogP contribution in [-0.2, 0) is 6.42 Å². The molecule has 0 unspecified atom stereocenters. The second kappa shape index (κ2) is 3.73. The lowest BCUT2D eigenvalue weighted by molar-refractivity contribution is -0.386. The van der Waals surface area contributed by atoms with Crippen molar-refractivity contribution in [3.05, 3.63) is 39.4 Å². The molecule has 0 aromatic heterocycles. The van der Waals surface area contributed by atoms with E-state index in [2.05, 4.69) is 0 Å². The van der Waals surface area contributed by atoms with Crippen molar-refractivity contribution in [1.82, 2.24) is 0 Å². The molecule has 1 aromatic rings. The van der Waals surface area contributed by atoms with Gasteiger partial charge in [0.05, 0.1) is 12.0 Å². The standard InChI is InChI=1S/C11H11NO3/c1-15-10-7-6-8-4-2-3-5-9(8)11(10)12(13)14/h2,4,6-7H,3,5H2,1H3. The maximum absolute atomic E-state index is 11.0.